The van der Waals surface area contributed by atoms with Crippen molar-refractivity contribution in [2.75, 3.05) is 6.54 Å². The average Bonchev–Trinajstić information content (AvgIpc) is 3.46. The van der Waals surface area contributed by atoms with Crippen LogP contribution in [0.1, 0.15) is 36.5 Å². The second kappa shape index (κ2) is 7.82. The number of hydrogen-bond acceptors (Lipinski definition) is 5. The number of benzene rings is 1. The summed E-state index contributed by atoms with van der Waals surface area (Å²) >= 11 is 0. The van der Waals surface area contributed by atoms with Crippen LogP contribution < -0.4 is 4.90 Å². The summed E-state index contributed by atoms with van der Waals surface area (Å²) in [6.07, 6.45) is 4.31. The molecule has 1 unspecified atom stereocenters. The Hall–Kier alpha value is -3.19. The minimum Gasteiger partial charge on any atom is -0.459 e. The minimum atomic E-state index is -0.238. The molecule has 144 valence electrons. The van der Waals surface area contributed by atoms with E-state index in [1.807, 2.05) is 31.2 Å². The summed E-state index contributed by atoms with van der Waals surface area (Å²) in [6.45, 7) is 5.37. The van der Waals surface area contributed by atoms with Crippen molar-refractivity contribution in [3.63, 3.8) is 0 Å². The van der Waals surface area contributed by atoms with Crippen LogP contribution in [0.3, 0.4) is 0 Å². The summed E-state index contributed by atoms with van der Waals surface area (Å²) in [5.41, 5.74) is 1.69. The van der Waals surface area contributed by atoms with Gasteiger partial charge in [-0.3, -0.25) is 4.79 Å². The summed E-state index contributed by atoms with van der Waals surface area (Å²) < 4.78 is 11.0. The van der Waals surface area contributed by atoms with Crippen LogP contribution in [-0.2, 0) is 6.54 Å². The third-order valence-corrected chi connectivity index (χ3v) is 5.01. The molecule has 0 spiro atoms. The third-order valence-electron chi connectivity index (χ3n) is 5.01. The zero-order valence-corrected chi connectivity index (χ0v) is 15.9. The standard InChI is InChI=1S/C21H22N4O3/c1-3-10-25(13-19-23-24-21(28-19)18-9-6-11-27-18)14(2)20(26)16-12-22-17-8-5-4-7-15(16)17/h4-9,11-12,14,22H,3,10,13H2,1-2H3/p+1/t14-/m1/s1. The Kier molecular flexibility index (Phi) is 5.08. The lowest BCUT2D eigenvalue weighted by Crippen LogP contribution is -3.15. The summed E-state index contributed by atoms with van der Waals surface area (Å²) in [5, 5.41) is 9.14. The number of Topliss-reactive ketones (excluding diaryl/α,β-unsaturated/α-hetero) is 1. The van der Waals surface area contributed by atoms with Crippen LogP contribution in [0, 0.1) is 0 Å². The molecule has 0 saturated carbocycles. The molecule has 4 aromatic rings. The van der Waals surface area contributed by atoms with Crippen molar-refractivity contribution >= 4 is 16.7 Å². The number of aromatic amines is 1. The molecule has 7 heteroatoms. The minimum absolute atomic E-state index is 0.103. The molecule has 3 aromatic heterocycles. The number of quaternary nitrogens is 1. The Morgan fingerprint density at radius 1 is 1.21 bits per heavy atom. The van der Waals surface area contributed by atoms with Gasteiger partial charge in [-0.05, 0) is 31.5 Å². The van der Waals surface area contributed by atoms with Crippen LogP contribution in [0.5, 0.6) is 0 Å². The van der Waals surface area contributed by atoms with E-state index >= 15 is 0 Å². The number of furan rings is 1. The second-order valence-electron chi connectivity index (χ2n) is 6.90. The smallest absolute Gasteiger partial charge is 0.283 e. The van der Waals surface area contributed by atoms with Crippen molar-refractivity contribution in [1.29, 1.82) is 0 Å². The van der Waals surface area contributed by atoms with E-state index < -0.39 is 0 Å². The largest absolute Gasteiger partial charge is 0.459 e. The van der Waals surface area contributed by atoms with Crippen molar-refractivity contribution < 1.29 is 18.5 Å². The lowest BCUT2D eigenvalue weighted by molar-refractivity contribution is -0.928. The first-order valence-corrected chi connectivity index (χ1v) is 9.48. The topological polar surface area (TPSA) is 89.4 Å². The summed E-state index contributed by atoms with van der Waals surface area (Å²) in [4.78, 5) is 17.5. The van der Waals surface area contributed by atoms with E-state index in [9.17, 15) is 4.79 Å². The molecule has 0 saturated heterocycles. The zero-order chi connectivity index (χ0) is 19.5. The molecule has 1 aromatic carbocycles. The van der Waals surface area contributed by atoms with Gasteiger partial charge in [0.1, 0.15) is 6.04 Å². The molecule has 3 heterocycles. The van der Waals surface area contributed by atoms with E-state index in [1.165, 1.54) is 0 Å². The summed E-state index contributed by atoms with van der Waals surface area (Å²) in [6, 6.07) is 11.2. The highest BCUT2D eigenvalue weighted by Crippen LogP contribution is 2.19. The molecule has 28 heavy (non-hydrogen) atoms. The molecule has 0 radical (unpaired) electrons. The summed E-state index contributed by atoms with van der Waals surface area (Å²) in [5.74, 6) is 1.49. The molecule has 7 nitrogen and oxygen atoms in total. The molecule has 0 amide bonds. The number of carbonyl (C=O) groups is 1. The number of para-hydroxylation sites is 1. The SMILES string of the molecule is CCC[NH+](Cc1nnc(-c2ccco2)o1)[C@H](C)C(=O)c1c[nH]c2ccccc12. The van der Waals surface area contributed by atoms with Gasteiger partial charge in [0.05, 0.1) is 12.8 Å². The zero-order valence-electron chi connectivity index (χ0n) is 15.9. The van der Waals surface area contributed by atoms with Crippen molar-refractivity contribution in [2.45, 2.75) is 32.9 Å². The highest BCUT2D eigenvalue weighted by atomic mass is 16.4. The number of aromatic nitrogens is 3. The van der Waals surface area contributed by atoms with E-state index in [2.05, 4.69) is 22.1 Å². The monoisotopic (exact) mass is 379 g/mol. The maximum Gasteiger partial charge on any atom is 0.283 e. The Balaban J connectivity index is 1.54. The van der Waals surface area contributed by atoms with E-state index in [4.69, 9.17) is 8.83 Å². The molecule has 4 rings (SSSR count). The lowest BCUT2D eigenvalue weighted by Gasteiger charge is -2.23. The van der Waals surface area contributed by atoms with E-state index in [0.717, 1.165) is 34.3 Å². The fourth-order valence-corrected chi connectivity index (χ4v) is 3.49. The van der Waals surface area contributed by atoms with Crippen molar-refractivity contribution in [3.05, 3.63) is 60.3 Å². The number of ketones is 1. The van der Waals surface area contributed by atoms with Crippen molar-refractivity contribution in [1.82, 2.24) is 15.2 Å². The van der Waals surface area contributed by atoms with E-state index in [-0.39, 0.29) is 11.8 Å². The summed E-state index contributed by atoms with van der Waals surface area (Å²) in [7, 11) is 0. The Morgan fingerprint density at radius 3 is 2.86 bits per heavy atom. The van der Waals surface area contributed by atoms with Gasteiger partial charge in [-0.2, -0.15) is 0 Å². The highest BCUT2D eigenvalue weighted by Gasteiger charge is 2.29. The quantitative estimate of drug-likeness (QED) is 0.460. The van der Waals surface area contributed by atoms with Crippen molar-refractivity contribution in [2.24, 2.45) is 0 Å². The first kappa shape index (κ1) is 18.2. The average molecular weight is 379 g/mol. The Labute approximate surface area is 162 Å². The number of hydrogen-bond donors (Lipinski definition) is 2. The molecule has 0 aliphatic carbocycles. The van der Waals surface area contributed by atoms with Crippen LogP contribution >= 0.6 is 0 Å². The molecule has 0 aliphatic rings. The number of H-pyrrole nitrogens is 1. The molecule has 0 aliphatic heterocycles. The third kappa shape index (κ3) is 3.48. The fourth-order valence-electron chi connectivity index (χ4n) is 3.49. The lowest BCUT2D eigenvalue weighted by atomic mass is 10.0. The molecule has 2 atom stereocenters. The molecular formula is C21H23N4O3+. The number of rotatable bonds is 8. The van der Waals surface area contributed by atoms with Crippen LogP contribution in [-0.4, -0.2) is 33.6 Å². The number of carbonyl (C=O) groups excluding carboxylic acids is 1. The van der Waals surface area contributed by atoms with Gasteiger partial charge >= 0.3 is 0 Å². The molecular weight excluding hydrogens is 356 g/mol. The maximum absolute atomic E-state index is 13.2. The number of nitrogens with one attached hydrogen (secondary N) is 2. The van der Waals surface area contributed by atoms with Crippen LogP contribution in [0.15, 0.2) is 57.7 Å². The second-order valence-corrected chi connectivity index (χ2v) is 6.90. The normalized spacial score (nSPS) is 13.6. The molecule has 0 fully saturated rings. The van der Waals surface area contributed by atoms with Gasteiger partial charge in [0.15, 0.2) is 12.3 Å². The number of fused-ring (bicyclic) bond motifs is 1. The maximum atomic E-state index is 13.2. The molecule has 0 bridgehead atoms. The predicted octanol–water partition coefficient (Wildman–Crippen LogP) is 2.88. The van der Waals surface area contributed by atoms with E-state index in [1.54, 1.807) is 24.6 Å². The van der Waals surface area contributed by atoms with Crippen LogP contribution in [0.25, 0.3) is 22.6 Å². The van der Waals surface area contributed by atoms with Crippen LogP contribution in [0.2, 0.25) is 0 Å². The highest BCUT2D eigenvalue weighted by molar-refractivity contribution is 6.09. The first-order chi connectivity index (χ1) is 13.7. The Bertz CT molecular complexity index is 1060. The van der Waals surface area contributed by atoms with Gasteiger partial charge in [0.25, 0.3) is 11.8 Å². The predicted molar refractivity (Wildman–Crippen MR) is 104 cm³/mol. The van der Waals surface area contributed by atoms with Crippen LogP contribution in [0.4, 0.5) is 0 Å². The van der Waals surface area contributed by atoms with Gasteiger partial charge in [-0.25, -0.2) is 0 Å². The van der Waals surface area contributed by atoms with Gasteiger partial charge in [0, 0.05) is 22.7 Å². The Morgan fingerprint density at radius 2 is 2.07 bits per heavy atom. The van der Waals surface area contributed by atoms with Gasteiger partial charge in [-0.15, -0.1) is 10.2 Å². The van der Waals surface area contributed by atoms with Crippen molar-refractivity contribution in [3.8, 4) is 11.7 Å². The van der Waals surface area contributed by atoms with Gasteiger partial charge in [-0.1, -0.05) is 25.1 Å². The first-order valence-electron chi connectivity index (χ1n) is 9.48. The molecule has 2 N–H and O–H groups in total. The van der Waals surface area contributed by atoms with Gasteiger partial charge in [0.2, 0.25) is 5.78 Å². The van der Waals surface area contributed by atoms with Gasteiger partial charge < -0.3 is 18.7 Å². The number of nitrogens with zero attached hydrogens (tertiary/aromatic N) is 2. The van der Waals surface area contributed by atoms with E-state index in [0.29, 0.717) is 24.1 Å². The fraction of sp³-hybridized carbons (Fsp3) is 0.286.